The Bertz CT molecular complexity index is 1200. The van der Waals surface area contributed by atoms with Crippen molar-refractivity contribution in [2.45, 2.75) is 18.6 Å². The predicted molar refractivity (Wildman–Crippen MR) is 120 cm³/mol. The van der Waals surface area contributed by atoms with Crippen molar-refractivity contribution < 1.29 is 9.21 Å². The lowest BCUT2D eigenvalue weighted by atomic mass is 10.2. The summed E-state index contributed by atoms with van der Waals surface area (Å²) in [5.41, 5.74) is 5.53. The summed E-state index contributed by atoms with van der Waals surface area (Å²) in [5.74, 6) is 1.35. The van der Waals surface area contributed by atoms with Crippen molar-refractivity contribution in [3.63, 3.8) is 0 Å². The summed E-state index contributed by atoms with van der Waals surface area (Å²) >= 11 is 7.37. The van der Waals surface area contributed by atoms with Crippen molar-refractivity contribution in [2.24, 2.45) is 5.10 Å². The van der Waals surface area contributed by atoms with E-state index >= 15 is 0 Å². The Morgan fingerprint density at radius 3 is 2.77 bits per heavy atom. The summed E-state index contributed by atoms with van der Waals surface area (Å²) < 4.78 is 7.48. The SMILES string of the molecule is Cc1ccc(/C=N\NC(=O)CSc2nc3ccccc3n2Cc2ccc(Cl)cc2)o1. The second-order valence-corrected chi connectivity index (χ2v) is 8.00. The fourth-order valence-electron chi connectivity index (χ4n) is 2.94. The number of hydrazone groups is 1. The molecule has 0 saturated heterocycles. The molecule has 0 aliphatic carbocycles. The van der Waals surface area contributed by atoms with Crippen LogP contribution in [0.2, 0.25) is 5.02 Å². The summed E-state index contributed by atoms with van der Waals surface area (Å²) in [6.45, 7) is 2.49. The molecule has 0 bridgehead atoms. The molecular weight excluding hydrogens is 420 g/mol. The first-order valence-electron chi connectivity index (χ1n) is 9.29. The van der Waals surface area contributed by atoms with Crippen LogP contribution in [0, 0.1) is 6.92 Å². The van der Waals surface area contributed by atoms with Crippen LogP contribution in [-0.4, -0.2) is 27.4 Å². The van der Waals surface area contributed by atoms with E-state index in [-0.39, 0.29) is 11.7 Å². The second kappa shape index (κ2) is 9.19. The number of carbonyl (C=O) groups is 1. The van der Waals surface area contributed by atoms with Crippen molar-refractivity contribution >= 4 is 46.5 Å². The molecule has 30 heavy (non-hydrogen) atoms. The highest BCUT2D eigenvalue weighted by atomic mass is 35.5. The monoisotopic (exact) mass is 438 g/mol. The van der Waals surface area contributed by atoms with E-state index in [1.807, 2.05) is 61.5 Å². The van der Waals surface area contributed by atoms with Gasteiger partial charge in [0.15, 0.2) is 5.16 Å². The minimum absolute atomic E-state index is 0.193. The van der Waals surface area contributed by atoms with Crippen LogP contribution in [-0.2, 0) is 11.3 Å². The number of thioether (sulfide) groups is 1. The number of furan rings is 1. The van der Waals surface area contributed by atoms with Gasteiger partial charge in [-0.05, 0) is 48.9 Å². The van der Waals surface area contributed by atoms with Crippen molar-refractivity contribution in [3.05, 3.63) is 82.8 Å². The number of rotatable bonds is 7. The molecule has 2 aromatic carbocycles. The lowest BCUT2D eigenvalue weighted by Crippen LogP contribution is -2.20. The maximum absolute atomic E-state index is 12.2. The van der Waals surface area contributed by atoms with Gasteiger partial charge >= 0.3 is 0 Å². The van der Waals surface area contributed by atoms with Gasteiger partial charge in [-0.2, -0.15) is 5.10 Å². The van der Waals surface area contributed by atoms with Crippen LogP contribution in [0.15, 0.2) is 75.3 Å². The summed E-state index contributed by atoms with van der Waals surface area (Å²) in [5, 5.41) is 5.41. The first-order valence-corrected chi connectivity index (χ1v) is 10.7. The maximum atomic E-state index is 12.2. The third-order valence-electron chi connectivity index (χ3n) is 4.35. The molecule has 6 nitrogen and oxygen atoms in total. The van der Waals surface area contributed by atoms with E-state index in [9.17, 15) is 4.79 Å². The van der Waals surface area contributed by atoms with Crippen LogP contribution >= 0.6 is 23.4 Å². The minimum atomic E-state index is -0.218. The molecule has 4 rings (SSSR count). The molecule has 0 atom stereocenters. The zero-order chi connectivity index (χ0) is 20.9. The Balaban J connectivity index is 1.45. The number of carbonyl (C=O) groups excluding carboxylic acids is 1. The Morgan fingerprint density at radius 1 is 1.20 bits per heavy atom. The molecule has 8 heteroatoms. The molecule has 0 saturated carbocycles. The molecule has 2 heterocycles. The number of para-hydroxylation sites is 2. The number of hydrogen-bond donors (Lipinski definition) is 1. The number of halogens is 1. The molecule has 0 spiro atoms. The summed E-state index contributed by atoms with van der Waals surface area (Å²) in [7, 11) is 0. The summed E-state index contributed by atoms with van der Waals surface area (Å²) in [6.07, 6.45) is 1.48. The second-order valence-electron chi connectivity index (χ2n) is 6.63. The van der Waals surface area contributed by atoms with E-state index in [2.05, 4.69) is 15.1 Å². The molecule has 152 valence electrons. The van der Waals surface area contributed by atoms with Crippen molar-refractivity contribution in [1.82, 2.24) is 15.0 Å². The third-order valence-corrected chi connectivity index (χ3v) is 5.58. The number of amides is 1. The number of nitrogens with zero attached hydrogens (tertiary/aromatic N) is 3. The Morgan fingerprint density at radius 2 is 2.00 bits per heavy atom. The fraction of sp³-hybridized carbons (Fsp3) is 0.136. The lowest BCUT2D eigenvalue weighted by molar-refractivity contribution is -0.118. The van der Waals surface area contributed by atoms with Crippen LogP contribution in [0.25, 0.3) is 11.0 Å². The number of aryl methyl sites for hydroxylation is 1. The average Bonchev–Trinajstić information content (AvgIpc) is 3.31. The number of aromatic nitrogens is 2. The zero-order valence-corrected chi connectivity index (χ0v) is 17.8. The summed E-state index contributed by atoms with van der Waals surface area (Å²) in [6, 6.07) is 19.3. The topological polar surface area (TPSA) is 72.4 Å². The maximum Gasteiger partial charge on any atom is 0.250 e. The smallest absolute Gasteiger partial charge is 0.250 e. The summed E-state index contributed by atoms with van der Waals surface area (Å²) in [4.78, 5) is 16.9. The zero-order valence-electron chi connectivity index (χ0n) is 16.2. The van der Waals surface area contributed by atoms with E-state index in [0.29, 0.717) is 17.3 Å². The van der Waals surface area contributed by atoms with Crippen molar-refractivity contribution in [3.8, 4) is 0 Å². The van der Waals surface area contributed by atoms with Gasteiger partial charge < -0.3 is 8.98 Å². The van der Waals surface area contributed by atoms with Crippen molar-refractivity contribution in [2.75, 3.05) is 5.75 Å². The van der Waals surface area contributed by atoms with Gasteiger partial charge in [0, 0.05) is 5.02 Å². The van der Waals surface area contributed by atoms with Crippen LogP contribution in [0.4, 0.5) is 0 Å². The van der Waals surface area contributed by atoms with Crippen LogP contribution in [0.3, 0.4) is 0 Å². The van der Waals surface area contributed by atoms with Gasteiger partial charge in [0.25, 0.3) is 5.91 Å². The number of fused-ring (bicyclic) bond motifs is 1. The molecule has 4 aromatic rings. The number of hydrogen-bond acceptors (Lipinski definition) is 5. The molecule has 2 aromatic heterocycles. The molecule has 0 fully saturated rings. The molecule has 0 aliphatic heterocycles. The predicted octanol–water partition coefficient (Wildman–Crippen LogP) is 4.88. The van der Waals surface area contributed by atoms with Gasteiger partial charge in [0.05, 0.1) is 29.5 Å². The van der Waals surface area contributed by atoms with Gasteiger partial charge in [-0.1, -0.05) is 47.6 Å². The molecule has 0 unspecified atom stereocenters. The van der Waals surface area contributed by atoms with E-state index < -0.39 is 0 Å². The van der Waals surface area contributed by atoms with Gasteiger partial charge in [0.2, 0.25) is 0 Å². The van der Waals surface area contributed by atoms with Gasteiger partial charge in [-0.15, -0.1) is 0 Å². The van der Waals surface area contributed by atoms with Crippen LogP contribution in [0.5, 0.6) is 0 Å². The van der Waals surface area contributed by atoms with E-state index in [1.54, 1.807) is 6.07 Å². The Hall–Kier alpha value is -3.03. The average molecular weight is 439 g/mol. The first-order chi connectivity index (χ1) is 14.6. The van der Waals surface area contributed by atoms with Gasteiger partial charge in [-0.25, -0.2) is 10.4 Å². The van der Waals surface area contributed by atoms with Gasteiger partial charge in [0.1, 0.15) is 11.5 Å². The molecule has 0 aliphatic rings. The largest absolute Gasteiger partial charge is 0.460 e. The molecule has 1 N–H and O–H groups in total. The number of benzene rings is 2. The Labute approximate surface area is 182 Å². The number of imidazole rings is 1. The van der Waals surface area contributed by atoms with E-state index in [4.69, 9.17) is 21.0 Å². The van der Waals surface area contributed by atoms with Gasteiger partial charge in [-0.3, -0.25) is 4.79 Å². The Kier molecular flexibility index (Phi) is 6.21. The standard InChI is InChI=1S/C22H19ClN4O2S/c1-15-6-11-18(29-15)12-24-26-21(28)14-30-22-25-19-4-2-3-5-20(19)27(22)13-16-7-9-17(23)10-8-16/h2-12H,13-14H2,1H3,(H,26,28)/b24-12-. The fourth-order valence-corrected chi connectivity index (χ4v) is 3.87. The van der Waals surface area contributed by atoms with Crippen LogP contribution in [0.1, 0.15) is 17.1 Å². The quantitative estimate of drug-likeness (QED) is 0.253. The van der Waals surface area contributed by atoms with Crippen molar-refractivity contribution in [1.29, 1.82) is 0 Å². The highest BCUT2D eigenvalue weighted by Gasteiger charge is 2.13. The van der Waals surface area contributed by atoms with E-state index in [1.165, 1.54) is 18.0 Å². The lowest BCUT2D eigenvalue weighted by Gasteiger charge is -2.09. The van der Waals surface area contributed by atoms with E-state index in [0.717, 1.165) is 27.5 Å². The molecule has 0 radical (unpaired) electrons. The molecule has 1 amide bonds. The van der Waals surface area contributed by atoms with Crippen LogP contribution < -0.4 is 5.43 Å². The third kappa shape index (κ3) is 4.93. The normalized spacial score (nSPS) is 11.4. The highest BCUT2D eigenvalue weighted by Crippen LogP contribution is 2.25. The highest BCUT2D eigenvalue weighted by molar-refractivity contribution is 7.99. The minimum Gasteiger partial charge on any atom is -0.460 e. The molecular formula is C22H19ClN4O2S. The number of nitrogens with one attached hydrogen (secondary N) is 1. The first kappa shape index (κ1) is 20.3.